The van der Waals surface area contributed by atoms with Crippen LogP contribution in [0.15, 0.2) is 24.3 Å². The summed E-state index contributed by atoms with van der Waals surface area (Å²) >= 11 is 0. The summed E-state index contributed by atoms with van der Waals surface area (Å²) in [7, 11) is 0. The van der Waals surface area contributed by atoms with Crippen LogP contribution in [-0.2, 0) is 16.0 Å². The highest BCUT2D eigenvalue weighted by Gasteiger charge is 2.44. The quantitative estimate of drug-likeness (QED) is 0.301. The fraction of sp³-hybridized carbons (Fsp3) is 0.533. The number of rotatable bonds is 5. The van der Waals surface area contributed by atoms with Gasteiger partial charge in [-0.3, -0.25) is 4.79 Å². The number of carbonyl (C=O) groups is 1. The summed E-state index contributed by atoms with van der Waals surface area (Å²) in [5.74, 6) is -0.537. The number of phenolic OH excluding ortho intramolecular Hbond substituents is 1. The number of nitrogens with two attached hydrogens (primary N) is 1. The molecule has 9 heteroatoms. The van der Waals surface area contributed by atoms with Gasteiger partial charge in [-0.25, -0.2) is 0 Å². The van der Waals surface area contributed by atoms with Crippen molar-refractivity contribution in [1.29, 1.82) is 0 Å². The highest BCUT2D eigenvalue weighted by Crippen LogP contribution is 2.20. The van der Waals surface area contributed by atoms with Crippen molar-refractivity contribution in [3.63, 3.8) is 0 Å². The number of amides is 1. The Bertz CT molecular complexity index is 551. The number of hydrogen-bond acceptors (Lipinski definition) is 8. The third-order valence-corrected chi connectivity index (χ3v) is 3.91. The van der Waals surface area contributed by atoms with Crippen molar-refractivity contribution in [3.8, 4) is 5.75 Å². The molecule has 1 fully saturated rings. The Balaban J connectivity index is 1.96. The van der Waals surface area contributed by atoms with E-state index < -0.39 is 49.2 Å². The maximum atomic E-state index is 12.1. The minimum absolute atomic E-state index is 0.0955. The predicted molar refractivity (Wildman–Crippen MR) is 81.7 cm³/mol. The third-order valence-electron chi connectivity index (χ3n) is 3.91. The number of nitrogens with one attached hydrogen (secondary N) is 1. The molecule has 0 aromatic heterocycles. The molecule has 9 nitrogen and oxygen atoms in total. The molecule has 2 rings (SSSR count). The van der Waals surface area contributed by atoms with Gasteiger partial charge in [0.2, 0.25) is 5.91 Å². The summed E-state index contributed by atoms with van der Waals surface area (Å²) in [4.78, 5) is 12.1. The number of ether oxygens (including phenoxy) is 1. The fourth-order valence-electron chi connectivity index (χ4n) is 2.45. The van der Waals surface area contributed by atoms with Crippen LogP contribution in [0.4, 0.5) is 0 Å². The molecule has 8 N–H and O–H groups in total. The van der Waals surface area contributed by atoms with Crippen molar-refractivity contribution < 1.29 is 35.1 Å². The predicted octanol–water partition coefficient (Wildman–Crippen LogP) is -2.82. The van der Waals surface area contributed by atoms with E-state index in [1.807, 2.05) is 0 Å². The molecule has 1 aliphatic rings. The van der Waals surface area contributed by atoms with Crippen LogP contribution in [0.25, 0.3) is 0 Å². The van der Waals surface area contributed by atoms with Crippen molar-refractivity contribution in [2.45, 2.75) is 43.1 Å². The lowest BCUT2D eigenvalue weighted by Gasteiger charge is -2.40. The summed E-state index contributed by atoms with van der Waals surface area (Å²) in [6.07, 6.45) is -6.87. The van der Waals surface area contributed by atoms with Crippen LogP contribution in [0.1, 0.15) is 5.56 Å². The molecule has 0 saturated carbocycles. The monoisotopic (exact) mass is 342 g/mol. The largest absolute Gasteiger partial charge is 0.508 e. The van der Waals surface area contributed by atoms with Gasteiger partial charge in [0, 0.05) is 0 Å². The van der Waals surface area contributed by atoms with Gasteiger partial charge in [0.15, 0.2) is 6.23 Å². The van der Waals surface area contributed by atoms with E-state index in [1.54, 1.807) is 12.1 Å². The second-order valence-corrected chi connectivity index (χ2v) is 5.74. The van der Waals surface area contributed by atoms with E-state index in [1.165, 1.54) is 12.1 Å². The number of carbonyl (C=O) groups excluding carboxylic acids is 1. The van der Waals surface area contributed by atoms with Gasteiger partial charge < -0.3 is 41.3 Å². The maximum Gasteiger partial charge on any atom is 0.239 e. The molecule has 1 aromatic carbocycles. The zero-order valence-electron chi connectivity index (χ0n) is 12.8. The van der Waals surface area contributed by atoms with E-state index in [2.05, 4.69) is 5.32 Å². The first-order chi connectivity index (χ1) is 11.3. The summed E-state index contributed by atoms with van der Waals surface area (Å²) < 4.78 is 5.19. The molecule has 0 unspecified atom stereocenters. The smallest absolute Gasteiger partial charge is 0.239 e. The Morgan fingerprint density at radius 2 is 1.79 bits per heavy atom. The van der Waals surface area contributed by atoms with Crippen molar-refractivity contribution >= 4 is 5.91 Å². The van der Waals surface area contributed by atoms with E-state index in [-0.39, 0.29) is 12.2 Å². The molecule has 1 aromatic rings. The van der Waals surface area contributed by atoms with E-state index in [4.69, 9.17) is 15.6 Å². The Morgan fingerprint density at radius 1 is 1.17 bits per heavy atom. The fourth-order valence-corrected chi connectivity index (χ4v) is 2.45. The molecule has 1 amide bonds. The van der Waals surface area contributed by atoms with Gasteiger partial charge in [-0.05, 0) is 24.1 Å². The van der Waals surface area contributed by atoms with E-state index >= 15 is 0 Å². The molecule has 0 aliphatic carbocycles. The van der Waals surface area contributed by atoms with Gasteiger partial charge >= 0.3 is 0 Å². The van der Waals surface area contributed by atoms with Gasteiger partial charge in [-0.2, -0.15) is 0 Å². The molecule has 6 atom stereocenters. The molecule has 0 radical (unpaired) electrons. The lowest BCUT2D eigenvalue weighted by Crippen LogP contribution is -2.64. The van der Waals surface area contributed by atoms with Crippen LogP contribution in [0.3, 0.4) is 0 Å². The maximum absolute atomic E-state index is 12.1. The Hall–Kier alpha value is -1.75. The zero-order valence-corrected chi connectivity index (χ0v) is 12.8. The molecule has 0 spiro atoms. The Kier molecular flexibility index (Phi) is 6.10. The number of aromatic hydroxyl groups is 1. The van der Waals surface area contributed by atoms with Crippen LogP contribution < -0.4 is 11.1 Å². The summed E-state index contributed by atoms with van der Waals surface area (Å²) in [6, 6.07) is 5.23. The van der Waals surface area contributed by atoms with Gasteiger partial charge in [-0.15, -0.1) is 0 Å². The average Bonchev–Trinajstić information content (AvgIpc) is 2.57. The minimum atomic E-state index is -1.57. The normalized spacial score (nSPS) is 31.5. The van der Waals surface area contributed by atoms with Gasteiger partial charge in [0.1, 0.15) is 30.2 Å². The molecular weight excluding hydrogens is 320 g/mol. The molecule has 1 heterocycles. The van der Waals surface area contributed by atoms with E-state index in [9.17, 15) is 25.2 Å². The second-order valence-electron chi connectivity index (χ2n) is 5.74. The van der Waals surface area contributed by atoms with Crippen molar-refractivity contribution in [3.05, 3.63) is 29.8 Å². The van der Waals surface area contributed by atoms with Crippen molar-refractivity contribution in [2.75, 3.05) is 6.61 Å². The van der Waals surface area contributed by atoms with Crippen molar-refractivity contribution in [2.24, 2.45) is 5.73 Å². The van der Waals surface area contributed by atoms with Gasteiger partial charge in [0.05, 0.1) is 12.6 Å². The summed E-state index contributed by atoms with van der Waals surface area (Å²) in [5.41, 5.74) is 6.53. The first-order valence-electron chi connectivity index (χ1n) is 7.48. The SMILES string of the molecule is N[C@@H](Cc1ccc(O)cc1)C(=O)N[C@@H]1O[C@H](CO)[C@@H](O)[C@H](O)[C@H]1O. The lowest BCUT2D eigenvalue weighted by atomic mass is 9.98. The highest BCUT2D eigenvalue weighted by molar-refractivity contribution is 5.82. The number of hydrogen-bond donors (Lipinski definition) is 7. The van der Waals surface area contributed by atoms with Crippen molar-refractivity contribution in [1.82, 2.24) is 5.32 Å². The minimum Gasteiger partial charge on any atom is -0.508 e. The number of aliphatic hydroxyl groups excluding tert-OH is 4. The Labute approximate surface area is 138 Å². The summed E-state index contributed by atoms with van der Waals surface area (Å²) in [6.45, 7) is -0.586. The average molecular weight is 342 g/mol. The molecule has 134 valence electrons. The summed E-state index contributed by atoms with van der Waals surface area (Å²) in [5, 5.41) is 49.9. The van der Waals surface area contributed by atoms with Crippen LogP contribution in [0, 0.1) is 0 Å². The van der Waals surface area contributed by atoms with Crippen LogP contribution in [-0.4, -0.2) is 74.7 Å². The van der Waals surface area contributed by atoms with Gasteiger partial charge in [0.25, 0.3) is 0 Å². The van der Waals surface area contributed by atoms with E-state index in [0.717, 1.165) is 5.56 Å². The van der Waals surface area contributed by atoms with Crippen LogP contribution in [0.5, 0.6) is 5.75 Å². The molecule has 24 heavy (non-hydrogen) atoms. The number of aliphatic hydroxyl groups is 4. The standard InChI is InChI=1S/C15H22N2O7/c16-9(5-7-1-3-8(19)4-2-7)14(23)17-15-13(22)12(21)11(20)10(6-18)24-15/h1-4,9-13,15,18-22H,5-6,16H2,(H,17,23)/t9-,10+,11+,12-,13+,15+/m0/s1. The molecule has 1 saturated heterocycles. The van der Waals surface area contributed by atoms with Crippen LogP contribution in [0.2, 0.25) is 0 Å². The molecular formula is C15H22N2O7. The topological polar surface area (TPSA) is 166 Å². The Morgan fingerprint density at radius 3 is 2.38 bits per heavy atom. The first-order valence-corrected chi connectivity index (χ1v) is 7.48. The first kappa shape index (κ1) is 18.6. The zero-order chi connectivity index (χ0) is 17.9. The van der Waals surface area contributed by atoms with E-state index in [0.29, 0.717) is 0 Å². The second kappa shape index (κ2) is 7.88. The van der Waals surface area contributed by atoms with Gasteiger partial charge in [-0.1, -0.05) is 12.1 Å². The number of phenols is 1. The molecule has 0 bridgehead atoms. The third kappa shape index (κ3) is 4.20. The molecule has 1 aliphatic heterocycles. The highest BCUT2D eigenvalue weighted by atomic mass is 16.6. The van der Waals surface area contributed by atoms with Crippen LogP contribution >= 0.6 is 0 Å². The number of benzene rings is 1. The lowest BCUT2D eigenvalue weighted by molar-refractivity contribution is -0.236.